The van der Waals surface area contributed by atoms with Crippen LogP contribution < -0.4 is 0 Å². The summed E-state index contributed by atoms with van der Waals surface area (Å²) in [6, 6.07) is 7.75. The van der Waals surface area contributed by atoms with Crippen LogP contribution in [0.15, 0.2) is 36.5 Å². The fraction of sp³-hybridized carbons (Fsp3) is 0.308. The molecule has 0 spiro atoms. The normalized spacial score (nSPS) is 14.6. The molecule has 0 aliphatic rings. The lowest BCUT2D eigenvalue weighted by Gasteiger charge is -2.25. The second-order valence-corrected chi connectivity index (χ2v) is 4.10. The minimum Gasteiger partial charge on any atom is -0.379 e. The van der Waals surface area contributed by atoms with Gasteiger partial charge in [0.15, 0.2) is 0 Å². The van der Waals surface area contributed by atoms with Crippen LogP contribution >= 0.6 is 0 Å². The lowest BCUT2D eigenvalue weighted by Crippen LogP contribution is -2.27. The second kappa shape index (κ2) is 4.30. The molecule has 0 bridgehead atoms. The first-order chi connectivity index (χ1) is 8.06. The number of rotatable bonds is 3. The van der Waals surface area contributed by atoms with E-state index in [4.69, 9.17) is 0 Å². The van der Waals surface area contributed by atoms with Crippen LogP contribution in [-0.2, 0) is 12.6 Å². The number of aromatic nitrogens is 2. The standard InChI is InChI=1S/C13H15FN2O/c1-3-13(17,12-7-8-16(2)15-12)10-5-4-6-11(14)9-10/h4-9,17H,3H2,1-2H3. The smallest absolute Gasteiger partial charge is 0.133 e. The predicted molar refractivity (Wildman–Crippen MR) is 62.9 cm³/mol. The summed E-state index contributed by atoms with van der Waals surface area (Å²) in [7, 11) is 1.78. The van der Waals surface area contributed by atoms with Gasteiger partial charge in [-0.2, -0.15) is 5.10 Å². The monoisotopic (exact) mass is 234 g/mol. The van der Waals surface area contributed by atoms with Crippen LogP contribution in [0.25, 0.3) is 0 Å². The van der Waals surface area contributed by atoms with E-state index in [9.17, 15) is 9.50 Å². The molecule has 0 saturated carbocycles. The van der Waals surface area contributed by atoms with Crippen LogP contribution in [-0.4, -0.2) is 14.9 Å². The first kappa shape index (κ1) is 11.8. The summed E-state index contributed by atoms with van der Waals surface area (Å²) in [5, 5.41) is 14.9. The average Bonchev–Trinajstić information content (AvgIpc) is 2.75. The molecule has 0 fully saturated rings. The molecule has 3 nitrogen and oxygen atoms in total. The van der Waals surface area contributed by atoms with Gasteiger partial charge in [0, 0.05) is 13.2 Å². The highest BCUT2D eigenvalue weighted by atomic mass is 19.1. The predicted octanol–water partition coefficient (Wildman–Crippen LogP) is 2.21. The largest absolute Gasteiger partial charge is 0.379 e. The van der Waals surface area contributed by atoms with Gasteiger partial charge in [0.2, 0.25) is 0 Å². The number of aryl methyl sites for hydroxylation is 1. The van der Waals surface area contributed by atoms with E-state index in [1.807, 2.05) is 6.92 Å². The minimum absolute atomic E-state index is 0.356. The minimum atomic E-state index is -1.23. The quantitative estimate of drug-likeness (QED) is 0.884. The highest BCUT2D eigenvalue weighted by Gasteiger charge is 2.32. The molecule has 1 N–H and O–H groups in total. The molecule has 1 aromatic heterocycles. The first-order valence-electron chi connectivity index (χ1n) is 5.55. The summed E-state index contributed by atoms with van der Waals surface area (Å²) in [5.41, 5.74) is -0.171. The number of aliphatic hydroxyl groups is 1. The van der Waals surface area contributed by atoms with Crippen molar-refractivity contribution in [2.45, 2.75) is 18.9 Å². The van der Waals surface area contributed by atoms with E-state index in [2.05, 4.69) is 5.10 Å². The molecule has 0 saturated heterocycles. The third-order valence-corrected chi connectivity index (χ3v) is 2.95. The third-order valence-electron chi connectivity index (χ3n) is 2.95. The van der Waals surface area contributed by atoms with Gasteiger partial charge in [0.25, 0.3) is 0 Å². The molecule has 1 heterocycles. The highest BCUT2D eigenvalue weighted by molar-refractivity contribution is 5.31. The van der Waals surface area contributed by atoms with Gasteiger partial charge in [-0.05, 0) is 30.2 Å². The van der Waals surface area contributed by atoms with Crippen LogP contribution in [0.3, 0.4) is 0 Å². The maximum atomic E-state index is 13.2. The molecule has 90 valence electrons. The molecular weight excluding hydrogens is 219 g/mol. The summed E-state index contributed by atoms with van der Waals surface area (Å²) in [6.07, 6.45) is 2.20. The van der Waals surface area contributed by atoms with Crippen molar-refractivity contribution in [3.63, 3.8) is 0 Å². The van der Waals surface area contributed by atoms with Gasteiger partial charge in [-0.1, -0.05) is 19.1 Å². The van der Waals surface area contributed by atoms with Crippen molar-refractivity contribution < 1.29 is 9.50 Å². The number of hydrogen-bond acceptors (Lipinski definition) is 2. The zero-order valence-electron chi connectivity index (χ0n) is 9.89. The van der Waals surface area contributed by atoms with Crippen LogP contribution in [0.5, 0.6) is 0 Å². The molecular formula is C13H15FN2O. The van der Waals surface area contributed by atoms with Gasteiger partial charge < -0.3 is 5.11 Å². The van der Waals surface area contributed by atoms with Crippen molar-refractivity contribution in [2.75, 3.05) is 0 Å². The van der Waals surface area contributed by atoms with E-state index in [-0.39, 0.29) is 5.82 Å². The van der Waals surface area contributed by atoms with Crippen molar-refractivity contribution in [3.8, 4) is 0 Å². The Bertz CT molecular complexity index is 524. The molecule has 0 radical (unpaired) electrons. The van der Waals surface area contributed by atoms with Gasteiger partial charge in [0.05, 0.1) is 5.69 Å². The zero-order valence-corrected chi connectivity index (χ0v) is 9.89. The fourth-order valence-corrected chi connectivity index (χ4v) is 1.91. The van der Waals surface area contributed by atoms with Crippen LogP contribution in [0.4, 0.5) is 4.39 Å². The van der Waals surface area contributed by atoms with E-state index in [1.54, 1.807) is 36.1 Å². The number of hydrogen-bond donors (Lipinski definition) is 1. The highest BCUT2D eigenvalue weighted by Crippen LogP contribution is 2.31. The SMILES string of the molecule is CCC(O)(c1cccc(F)c1)c1ccn(C)n1. The Morgan fingerprint density at radius 2 is 2.18 bits per heavy atom. The van der Waals surface area contributed by atoms with Crippen molar-refractivity contribution >= 4 is 0 Å². The number of halogens is 1. The Morgan fingerprint density at radius 3 is 2.71 bits per heavy atom. The lowest BCUT2D eigenvalue weighted by atomic mass is 9.88. The summed E-state index contributed by atoms with van der Waals surface area (Å²) >= 11 is 0. The Hall–Kier alpha value is -1.68. The Labute approximate surface area is 99.5 Å². The molecule has 0 amide bonds. The van der Waals surface area contributed by atoms with E-state index >= 15 is 0 Å². The number of nitrogens with zero attached hydrogens (tertiary/aromatic N) is 2. The van der Waals surface area contributed by atoms with Gasteiger partial charge in [-0.15, -0.1) is 0 Å². The molecule has 0 aliphatic carbocycles. The van der Waals surface area contributed by atoms with Crippen LogP contribution in [0.2, 0.25) is 0 Å². The van der Waals surface area contributed by atoms with Gasteiger partial charge in [-0.3, -0.25) is 4.68 Å². The van der Waals surface area contributed by atoms with Gasteiger partial charge in [-0.25, -0.2) is 4.39 Å². The molecule has 1 aromatic carbocycles. The number of benzene rings is 1. The van der Waals surface area contributed by atoms with Crippen LogP contribution in [0, 0.1) is 5.82 Å². The summed E-state index contributed by atoms with van der Waals surface area (Å²) in [6.45, 7) is 1.85. The van der Waals surface area contributed by atoms with E-state index < -0.39 is 5.60 Å². The van der Waals surface area contributed by atoms with Crippen molar-refractivity contribution in [3.05, 3.63) is 53.6 Å². The van der Waals surface area contributed by atoms with Crippen LogP contribution in [0.1, 0.15) is 24.6 Å². The van der Waals surface area contributed by atoms with Gasteiger partial charge >= 0.3 is 0 Å². The van der Waals surface area contributed by atoms with E-state index in [0.717, 1.165) is 0 Å². The van der Waals surface area contributed by atoms with Gasteiger partial charge in [0.1, 0.15) is 11.4 Å². The maximum absolute atomic E-state index is 13.2. The Morgan fingerprint density at radius 1 is 1.41 bits per heavy atom. The summed E-state index contributed by atoms with van der Waals surface area (Å²) < 4.78 is 14.8. The maximum Gasteiger partial charge on any atom is 0.133 e. The Kier molecular flexibility index (Phi) is 2.98. The van der Waals surface area contributed by atoms with E-state index in [0.29, 0.717) is 17.7 Å². The van der Waals surface area contributed by atoms with Crippen molar-refractivity contribution in [1.29, 1.82) is 0 Å². The second-order valence-electron chi connectivity index (χ2n) is 4.10. The van der Waals surface area contributed by atoms with Crippen molar-refractivity contribution in [2.24, 2.45) is 7.05 Å². The molecule has 0 aliphatic heterocycles. The topological polar surface area (TPSA) is 38.0 Å². The summed E-state index contributed by atoms with van der Waals surface area (Å²) in [5.74, 6) is -0.356. The molecule has 4 heteroatoms. The summed E-state index contributed by atoms with van der Waals surface area (Å²) in [4.78, 5) is 0. The molecule has 17 heavy (non-hydrogen) atoms. The molecule has 1 unspecified atom stereocenters. The molecule has 2 rings (SSSR count). The zero-order chi connectivity index (χ0) is 12.5. The Balaban J connectivity index is 2.51. The third kappa shape index (κ3) is 2.08. The lowest BCUT2D eigenvalue weighted by molar-refractivity contribution is 0.0709. The molecule has 1 atom stereocenters. The average molecular weight is 234 g/mol. The van der Waals surface area contributed by atoms with E-state index in [1.165, 1.54) is 12.1 Å². The van der Waals surface area contributed by atoms with Crippen molar-refractivity contribution in [1.82, 2.24) is 9.78 Å². The molecule has 2 aromatic rings. The first-order valence-corrected chi connectivity index (χ1v) is 5.55. The fourth-order valence-electron chi connectivity index (χ4n) is 1.91.